The highest BCUT2D eigenvalue weighted by atomic mass is 32.2. The minimum absolute atomic E-state index is 0.160. The van der Waals surface area contributed by atoms with Crippen LogP contribution in [-0.4, -0.2) is 37.3 Å². The molecule has 1 N–H and O–H groups in total. The van der Waals surface area contributed by atoms with Crippen LogP contribution < -0.4 is 5.32 Å². The summed E-state index contributed by atoms with van der Waals surface area (Å²) in [7, 11) is -3.54. The summed E-state index contributed by atoms with van der Waals surface area (Å²) in [4.78, 5) is 4.22. The molecule has 0 spiro atoms. The van der Waals surface area contributed by atoms with Gasteiger partial charge in [-0.25, -0.2) is 13.4 Å². The first-order valence-electron chi connectivity index (χ1n) is 9.23. The van der Waals surface area contributed by atoms with Crippen molar-refractivity contribution in [1.82, 2.24) is 14.6 Å². The lowest BCUT2D eigenvalue weighted by molar-refractivity contribution is 0.475. The average molecular weight is 374 g/mol. The van der Waals surface area contributed by atoms with Crippen molar-refractivity contribution in [2.75, 3.05) is 19.6 Å². The van der Waals surface area contributed by atoms with E-state index >= 15 is 0 Å². The van der Waals surface area contributed by atoms with Crippen molar-refractivity contribution in [2.45, 2.75) is 38.3 Å². The molecule has 140 valence electrons. The maximum atomic E-state index is 13.0. The molecule has 1 aliphatic rings. The van der Waals surface area contributed by atoms with Gasteiger partial charge in [-0.2, -0.15) is 4.31 Å². The fraction of sp³-hybridized carbons (Fsp3) is 0.450. The molecule has 1 aromatic heterocycles. The molecule has 0 saturated carbocycles. The maximum absolute atomic E-state index is 13.0. The minimum atomic E-state index is -3.54. The molecule has 2 aromatic rings. The lowest BCUT2D eigenvalue weighted by Gasteiger charge is -2.17. The standard InChI is InChI=1S/C20H27N3O2S/c1-16(2)14-21-15-17-7-9-18(10-8-17)19-6-5-11-22-20(19)26(24,25)23-12-3-4-13-23/h5-11,16,21H,3-4,12-15H2,1-2H3. The molecule has 26 heavy (non-hydrogen) atoms. The highest BCUT2D eigenvalue weighted by molar-refractivity contribution is 7.89. The fourth-order valence-corrected chi connectivity index (χ4v) is 4.82. The lowest BCUT2D eigenvalue weighted by Crippen LogP contribution is -2.29. The van der Waals surface area contributed by atoms with Crippen LogP contribution in [0.15, 0.2) is 47.6 Å². The summed E-state index contributed by atoms with van der Waals surface area (Å²) in [5, 5.41) is 3.58. The number of benzene rings is 1. The monoisotopic (exact) mass is 373 g/mol. The molecule has 1 aliphatic heterocycles. The molecule has 0 aliphatic carbocycles. The van der Waals surface area contributed by atoms with Gasteiger partial charge in [0.2, 0.25) is 0 Å². The number of rotatable bonds is 7. The van der Waals surface area contributed by atoms with E-state index in [4.69, 9.17) is 0 Å². The lowest BCUT2D eigenvalue weighted by atomic mass is 10.1. The number of nitrogens with one attached hydrogen (secondary N) is 1. The summed E-state index contributed by atoms with van der Waals surface area (Å²) in [6.45, 7) is 7.31. The largest absolute Gasteiger partial charge is 0.312 e. The summed E-state index contributed by atoms with van der Waals surface area (Å²) in [5.74, 6) is 0.614. The van der Waals surface area contributed by atoms with Crippen molar-refractivity contribution in [1.29, 1.82) is 0 Å². The second-order valence-corrected chi connectivity index (χ2v) is 9.04. The van der Waals surface area contributed by atoms with E-state index in [1.54, 1.807) is 16.6 Å². The number of sulfonamides is 1. The van der Waals surface area contributed by atoms with E-state index in [0.29, 0.717) is 24.6 Å². The normalized spacial score (nSPS) is 15.7. The van der Waals surface area contributed by atoms with Gasteiger partial charge in [-0.05, 0) is 48.6 Å². The smallest absolute Gasteiger partial charge is 0.261 e. The summed E-state index contributed by atoms with van der Waals surface area (Å²) >= 11 is 0. The first-order valence-corrected chi connectivity index (χ1v) is 10.7. The molecule has 0 unspecified atom stereocenters. The zero-order valence-electron chi connectivity index (χ0n) is 15.5. The highest BCUT2D eigenvalue weighted by Gasteiger charge is 2.30. The Labute approximate surface area is 156 Å². The fourth-order valence-electron chi connectivity index (χ4n) is 3.17. The van der Waals surface area contributed by atoms with Crippen LogP contribution in [0.4, 0.5) is 0 Å². The Morgan fingerprint density at radius 1 is 1.12 bits per heavy atom. The van der Waals surface area contributed by atoms with Crippen molar-refractivity contribution < 1.29 is 8.42 Å². The van der Waals surface area contributed by atoms with Crippen LogP contribution >= 0.6 is 0 Å². The molecule has 3 rings (SSSR count). The molecule has 1 aromatic carbocycles. The predicted molar refractivity (Wildman–Crippen MR) is 104 cm³/mol. The van der Waals surface area contributed by atoms with Gasteiger partial charge >= 0.3 is 0 Å². The van der Waals surface area contributed by atoms with Crippen LogP contribution in [0.1, 0.15) is 32.3 Å². The number of hydrogen-bond donors (Lipinski definition) is 1. The molecule has 0 atom stereocenters. The third-order valence-corrected chi connectivity index (χ3v) is 6.43. The van der Waals surface area contributed by atoms with Gasteiger partial charge in [-0.15, -0.1) is 0 Å². The van der Waals surface area contributed by atoms with Crippen molar-refractivity contribution in [2.24, 2.45) is 5.92 Å². The number of hydrogen-bond acceptors (Lipinski definition) is 4. The molecule has 2 heterocycles. The number of nitrogens with zero attached hydrogens (tertiary/aromatic N) is 2. The summed E-state index contributed by atoms with van der Waals surface area (Å²) < 4.78 is 27.5. The average Bonchev–Trinajstić information content (AvgIpc) is 3.18. The van der Waals surface area contributed by atoms with E-state index in [1.807, 2.05) is 30.3 Å². The second kappa shape index (κ2) is 8.29. The van der Waals surface area contributed by atoms with Crippen LogP contribution in [0.3, 0.4) is 0 Å². The SMILES string of the molecule is CC(C)CNCc1ccc(-c2cccnc2S(=O)(=O)N2CCCC2)cc1. The third kappa shape index (κ3) is 4.31. The quantitative estimate of drug-likeness (QED) is 0.809. The second-order valence-electron chi connectivity index (χ2n) is 7.19. The Bertz CT molecular complexity index is 826. The van der Waals surface area contributed by atoms with Crippen LogP contribution in [-0.2, 0) is 16.6 Å². The van der Waals surface area contributed by atoms with Crippen molar-refractivity contribution in [3.05, 3.63) is 48.2 Å². The summed E-state index contributed by atoms with van der Waals surface area (Å²) in [5.41, 5.74) is 2.73. The van der Waals surface area contributed by atoms with Crippen LogP contribution in [0.25, 0.3) is 11.1 Å². The Balaban J connectivity index is 1.84. The van der Waals surface area contributed by atoms with E-state index in [0.717, 1.165) is 31.5 Å². The third-order valence-electron chi connectivity index (χ3n) is 4.57. The number of pyridine rings is 1. The van der Waals surface area contributed by atoms with Gasteiger partial charge < -0.3 is 5.32 Å². The molecule has 0 radical (unpaired) electrons. The first-order chi connectivity index (χ1) is 12.5. The van der Waals surface area contributed by atoms with Crippen molar-refractivity contribution in [3.8, 4) is 11.1 Å². The van der Waals surface area contributed by atoms with Gasteiger partial charge in [-0.1, -0.05) is 38.1 Å². The van der Waals surface area contributed by atoms with Crippen LogP contribution in [0.5, 0.6) is 0 Å². The molecular weight excluding hydrogens is 346 g/mol. The Morgan fingerprint density at radius 2 is 1.81 bits per heavy atom. The van der Waals surface area contributed by atoms with E-state index in [9.17, 15) is 8.42 Å². The van der Waals surface area contributed by atoms with E-state index in [-0.39, 0.29) is 5.03 Å². The molecule has 0 bridgehead atoms. The Hall–Kier alpha value is -1.76. The van der Waals surface area contributed by atoms with Gasteiger partial charge in [0, 0.05) is 31.4 Å². The Morgan fingerprint density at radius 3 is 2.46 bits per heavy atom. The summed E-state index contributed by atoms with van der Waals surface area (Å²) in [6.07, 6.45) is 3.38. The van der Waals surface area contributed by atoms with E-state index in [1.165, 1.54) is 5.56 Å². The highest BCUT2D eigenvalue weighted by Crippen LogP contribution is 2.29. The maximum Gasteiger partial charge on any atom is 0.261 e. The van der Waals surface area contributed by atoms with E-state index in [2.05, 4.69) is 24.1 Å². The minimum Gasteiger partial charge on any atom is -0.312 e. The van der Waals surface area contributed by atoms with Gasteiger partial charge in [0.25, 0.3) is 10.0 Å². The predicted octanol–water partition coefficient (Wildman–Crippen LogP) is 3.28. The molecular formula is C20H27N3O2S. The number of aromatic nitrogens is 1. The summed E-state index contributed by atoms with van der Waals surface area (Å²) in [6, 6.07) is 11.7. The van der Waals surface area contributed by atoms with Gasteiger partial charge in [0.05, 0.1) is 0 Å². The molecule has 0 amide bonds. The molecule has 5 nitrogen and oxygen atoms in total. The molecule has 1 fully saturated rings. The molecule has 6 heteroatoms. The van der Waals surface area contributed by atoms with Gasteiger partial charge in [-0.3, -0.25) is 0 Å². The molecule has 1 saturated heterocycles. The van der Waals surface area contributed by atoms with Crippen molar-refractivity contribution in [3.63, 3.8) is 0 Å². The topological polar surface area (TPSA) is 62.3 Å². The van der Waals surface area contributed by atoms with Crippen LogP contribution in [0.2, 0.25) is 0 Å². The first kappa shape index (κ1) is 19.0. The zero-order valence-corrected chi connectivity index (χ0v) is 16.3. The van der Waals surface area contributed by atoms with Gasteiger partial charge in [0.1, 0.15) is 0 Å². The van der Waals surface area contributed by atoms with Crippen LogP contribution in [0, 0.1) is 5.92 Å². The zero-order chi connectivity index (χ0) is 18.6. The van der Waals surface area contributed by atoms with E-state index < -0.39 is 10.0 Å². The van der Waals surface area contributed by atoms with Crippen molar-refractivity contribution >= 4 is 10.0 Å². The van der Waals surface area contributed by atoms with Gasteiger partial charge in [0.15, 0.2) is 5.03 Å². The Kier molecular flexibility index (Phi) is 6.06.